The molecule has 0 radical (unpaired) electrons. The molecule has 2 aromatic rings. The molecule has 0 bridgehead atoms. The second-order valence-electron chi connectivity index (χ2n) is 4.29. The molecule has 0 spiro atoms. The first kappa shape index (κ1) is 12.8. The fraction of sp³-hybridized carbons (Fsp3) is 0.286. The molecule has 0 aliphatic rings. The van der Waals surface area contributed by atoms with Crippen molar-refractivity contribution in [3.8, 4) is 16.3 Å². The van der Waals surface area contributed by atoms with Crippen molar-refractivity contribution in [2.24, 2.45) is 5.92 Å². The van der Waals surface area contributed by atoms with Crippen molar-refractivity contribution in [3.05, 3.63) is 35.3 Å². The molecule has 94 valence electrons. The number of hydrogen-bond acceptors (Lipinski definition) is 4. The van der Waals surface area contributed by atoms with Crippen LogP contribution in [0.3, 0.4) is 0 Å². The molecule has 18 heavy (non-hydrogen) atoms. The summed E-state index contributed by atoms with van der Waals surface area (Å²) in [6.45, 7) is 3.77. The van der Waals surface area contributed by atoms with E-state index in [4.69, 9.17) is 4.74 Å². The zero-order valence-electron chi connectivity index (χ0n) is 10.6. The number of carbonyl (C=O) groups is 1. The smallest absolute Gasteiger partial charge is 0.184 e. The second kappa shape index (κ2) is 5.31. The quantitative estimate of drug-likeness (QED) is 0.788. The maximum absolute atomic E-state index is 11.8. The number of methoxy groups -OCH3 is 1. The molecule has 0 N–H and O–H groups in total. The van der Waals surface area contributed by atoms with Gasteiger partial charge in [0.15, 0.2) is 5.78 Å². The van der Waals surface area contributed by atoms with Crippen LogP contribution in [0.2, 0.25) is 0 Å². The van der Waals surface area contributed by atoms with E-state index in [0.717, 1.165) is 16.3 Å². The summed E-state index contributed by atoms with van der Waals surface area (Å²) < 4.78 is 5.11. The maximum Gasteiger partial charge on any atom is 0.184 e. The molecule has 1 heterocycles. The van der Waals surface area contributed by atoms with Crippen LogP contribution in [0.1, 0.15) is 24.3 Å². The predicted molar refractivity (Wildman–Crippen MR) is 73.3 cm³/mol. The van der Waals surface area contributed by atoms with Crippen molar-refractivity contribution in [3.63, 3.8) is 0 Å². The Labute approximate surface area is 110 Å². The Balaban J connectivity index is 2.26. The molecule has 0 saturated carbocycles. The molecular formula is C14H15NO2S. The Kier molecular flexibility index (Phi) is 3.77. The average molecular weight is 261 g/mol. The highest BCUT2D eigenvalue weighted by Crippen LogP contribution is 2.26. The summed E-state index contributed by atoms with van der Waals surface area (Å²) in [5.41, 5.74) is 1.56. The predicted octanol–water partition coefficient (Wildman–Crippen LogP) is 3.66. The molecule has 2 rings (SSSR count). The summed E-state index contributed by atoms with van der Waals surface area (Å²) in [6, 6.07) is 7.67. The molecule has 0 aliphatic heterocycles. The number of Topliss-reactive ketones (excluding diaryl/α,β-unsaturated/α-hetero) is 1. The Hall–Kier alpha value is -1.68. The number of nitrogens with zero attached hydrogens (tertiary/aromatic N) is 1. The van der Waals surface area contributed by atoms with E-state index in [1.54, 1.807) is 7.11 Å². The van der Waals surface area contributed by atoms with Crippen molar-refractivity contribution in [2.75, 3.05) is 7.11 Å². The lowest BCUT2D eigenvalue weighted by Crippen LogP contribution is -2.07. The molecule has 0 saturated heterocycles. The van der Waals surface area contributed by atoms with E-state index in [-0.39, 0.29) is 11.7 Å². The summed E-state index contributed by atoms with van der Waals surface area (Å²) >= 11 is 1.49. The third kappa shape index (κ3) is 2.59. The molecule has 0 atom stereocenters. The van der Waals surface area contributed by atoms with Crippen LogP contribution in [0.5, 0.6) is 5.75 Å². The van der Waals surface area contributed by atoms with E-state index in [1.807, 2.05) is 43.5 Å². The number of ketones is 1. The average Bonchev–Trinajstić information content (AvgIpc) is 2.87. The number of ether oxygens (including phenoxy) is 1. The van der Waals surface area contributed by atoms with Gasteiger partial charge < -0.3 is 4.74 Å². The van der Waals surface area contributed by atoms with Crippen molar-refractivity contribution < 1.29 is 9.53 Å². The van der Waals surface area contributed by atoms with E-state index in [9.17, 15) is 4.79 Å². The lowest BCUT2D eigenvalue weighted by molar-refractivity contribution is 0.0935. The Bertz CT molecular complexity index is 543. The minimum atomic E-state index is -0.0178. The Morgan fingerprint density at radius 1 is 1.28 bits per heavy atom. The minimum Gasteiger partial charge on any atom is -0.497 e. The van der Waals surface area contributed by atoms with E-state index in [1.165, 1.54) is 11.3 Å². The first-order valence-corrected chi connectivity index (χ1v) is 6.64. The fourth-order valence-electron chi connectivity index (χ4n) is 1.55. The Morgan fingerprint density at radius 3 is 2.50 bits per heavy atom. The summed E-state index contributed by atoms with van der Waals surface area (Å²) in [5, 5.41) is 2.68. The monoisotopic (exact) mass is 261 g/mol. The van der Waals surface area contributed by atoms with E-state index < -0.39 is 0 Å². The molecular weight excluding hydrogens is 246 g/mol. The largest absolute Gasteiger partial charge is 0.497 e. The van der Waals surface area contributed by atoms with Gasteiger partial charge in [-0.1, -0.05) is 13.8 Å². The maximum atomic E-state index is 11.8. The zero-order chi connectivity index (χ0) is 13.1. The van der Waals surface area contributed by atoms with Gasteiger partial charge in [-0.15, -0.1) is 11.3 Å². The molecule has 4 heteroatoms. The molecule has 0 fully saturated rings. The zero-order valence-corrected chi connectivity index (χ0v) is 11.5. The number of benzene rings is 1. The number of thiazole rings is 1. The second-order valence-corrected chi connectivity index (χ2v) is 5.14. The van der Waals surface area contributed by atoms with E-state index >= 15 is 0 Å². The van der Waals surface area contributed by atoms with E-state index in [2.05, 4.69) is 4.98 Å². The number of carbonyl (C=O) groups excluding carboxylic acids is 1. The summed E-state index contributed by atoms with van der Waals surface area (Å²) in [7, 11) is 1.64. The third-order valence-electron chi connectivity index (χ3n) is 2.62. The minimum absolute atomic E-state index is 0.0178. The molecule has 0 amide bonds. The van der Waals surface area contributed by atoms with Crippen LogP contribution >= 0.6 is 11.3 Å². The van der Waals surface area contributed by atoms with Gasteiger partial charge >= 0.3 is 0 Å². The van der Waals surface area contributed by atoms with Crippen LogP contribution in [-0.4, -0.2) is 17.9 Å². The van der Waals surface area contributed by atoms with Crippen LogP contribution in [-0.2, 0) is 0 Å². The van der Waals surface area contributed by atoms with Crippen molar-refractivity contribution in [1.82, 2.24) is 4.98 Å². The SMILES string of the molecule is COc1ccc(-c2nc(C(=O)C(C)C)cs2)cc1. The number of hydrogen-bond donors (Lipinski definition) is 0. The fourth-order valence-corrected chi connectivity index (χ4v) is 2.36. The highest BCUT2D eigenvalue weighted by molar-refractivity contribution is 7.13. The Morgan fingerprint density at radius 2 is 1.94 bits per heavy atom. The van der Waals surface area contributed by atoms with Gasteiger partial charge in [0.25, 0.3) is 0 Å². The van der Waals surface area contributed by atoms with Gasteiger partial charge in [0.2, 0.25) is 0 Å². The summed E-state index contributed by atoms with van der Waals surface area (Å²) in [6.07, 6.45) is 0. The van der Waals surface area contributed by atoms with Crippen molar-refractivity contribution >= 4 is 17.1 Å². The van der Waals surface area contributed by atoms with E-state index in [0.29, 0.717) is 5.69 Å². The van der Waals surface area contributed by atoms with Crippen molar-refractivity contribution in [1.29, 1.82) is 0 Å². The lowest BCUT2D eigenvalue weighted by atomic mass is 10.1. The molecule has 3 nitrogen and oxygen atoms in total. The number of aromatic nitrogens is 1. The van der Waals surface area contributed by atoms with Gasteiger partial charge in [-0.05, 0) is 24.3 Å². The normalized spacial score (nSPS) is 10.7. The molecule has 0 unspecified atom stereocenters. The van der Waals surface area contributed by atoms with Gasteiger partial charge in [-0.2, -0.15) is 0 Å². The lowest BCUT2D eigenvalue weighted by Gasteiger charge is -2.01. The summed E-state index contributed by atoms with van der Waals surface area (Å²) in [4.78, 5) is 16.2. The van der Waals surface area contributed by atoms with Crippen LogP contribution in [0.25, 0.3) is 10.6 Å². The van der Waals surface area contributed by atoms with Crippen LogP contribution in [0, 0.1) is 5.92 Å². The summed E-state index contributed by atoms with van der Waals surface area (Å²) in [5.74, 6) is 0.885. The van der Waals surface area contributed by atoms with Crippen LogP contribution < -0.4 is 4.74 Å². The van der Waals surface area contributed by atoms with Crippen LogP contribution in [0.15, 0.2) is 29.6 Å². The number of rotatable bonds is 4. The first-order chi connectivity index (χ1) is 8.61. The third-order valence-corrected chi connectivity index (χ3v) is 3.51. The molecule has 1 aromatic heterocycles. The topological polar surface area (TPSA) is 39.2 Å². The van der Waals surface area contributed by atoms with Gasteiger partial charge in [0.05, 0.1) is 7.11 Å². The molecule has 0 aliphatic carbocycles. The first-order valence-electron chi connectivity index (χ1n) is 5.76. The van der Waals surface area contributed by atoms with Gasteiger partial charge in [0, 0.05) is 16.9 Å². The standard InChI is InChI=1S/C14H15NO2S/c1-9(2)13(16)12-8-18-14(15-12)10-4-6-11(17-3)7-5-10/h4-9H,1-3H3. The van der Waals surface area contributed by atoms with Gasteiger partial charge in [-0.25, -0.2) is 4.98 Å². The van der Waals surface area contributed by atoms with Gasteiger partial charge in [-0.3, -0.25) is 4.79 Å². The highest BCUT2D eigenvalue weighted by Gasteiger charge is 2.14. The van der Waals surface area contributed by atoms with Crippen molar-refractivity contribution in [2.45, 2.75) is 13.8 Å². The molecule has 1 aromatic carbocycles. The van der Waals surface area contributed by atoms with Gasteiger partial charge in [0.1, 0.15) is 16.5 Å². The van der Waals surface area contributed by atoms with Crippen LogP contribution in [0.4, 0.5) is 0 Å². The highest BCUT2D eigenvalue weighted by atomic mass is 32.1.